The van der Waals surface area contributed by atoms with E-state index in [4.69, 9.17) is 9.47 Å². The maximum absolute atomic E-state index is 12.3. The van der Waals surface area contributed by atoms with Crippen LogP contribution in [0.4, 0.5) is 0 Å². The summed E-state index contributed by atoms with van der Waals surface area (Å²) in [5.41, 5.74) is 5.09. The Balaban J connectivity index is 2.47. The van der Waals surface area contributed by atoms with Gasteiger partial charge in [-0.3, -0.25) is 25.2 Å². The molecule has 0 heterocycles. The van der Waals surface area contributed by atoms with E-state index >= 15 is 0 Å². The van der Waals surface area contributed by atoms with Gasteiger partial charge in [-0.25, -0.2) is 0 Å². The number of carbonyl (C=O) groups is 3. The van der Waals surface area contributed by atoms with Gasteiger partial charge in [-0.2, -0.15) is 0 Å². The van der Waals surface area contributed by atoms with Crippen molar-refractivity contribution in [1.29, 1.82) is 0 Å². The fourth-order valence-corrected chi connectivity index (χ4v) is 2.88. The number of amides is 3. The molecule has 0 aliphatic heterocycles. The van der Waals surface area contributed by atoms with Crippen LogP contribution in [0.25, 0.3) is 0 Å². The lowest BCUT2D eigenvalue weighted by Gasteiger charge is -2.21. The summed E-state index contributed by atoms with van der Waals surface area (Å²) >= 11 is 0. The largest absolute Gasteiger partial charge is 0.493 e. The second kappa shape index (κ2) is 13.5. The highest BCUT2D eigenvalue weighted by Crippen LogP contribution is 2.28. The Bertz CT molecular complexity index is 700. The zero-order valence-corrected chi connectivity index (χ0v) is 18.7. The summed E-state index contributed by atoms with van der Waals surface area (Å²) in [6, 6.07) is 4.80. The predicted molar refractivity (Wildman–Crippen MR) is 115 cm³/mol. The minimum Gasteiger partial charge on any atom is -0.493 e. The number of hydrogen-bond acceptors (Lipinski definition) is 5. The fraction of sp³-hybridized carbons (Fsp3) is 0.591. The molecule has 0 saturated carbocycles. The topological polar surface area (TPSA) is 97.0 Å². The number of methoxy groups -OCH3 is 1. The third kappa shape index (κ3) is 8.71. The summed E-state index contributed by atoms with van der Waals surface area (Å²) in [5.74, 6) is 0.223. The van der Waals surface area contributed by atoms with E-state index in [0.717, 1.165) is 25.9 Å². The summed E-state index contributed by atoms with van der Waals surface area (Å²) in [6.07, 6.45) is 2.69. The first-order valence-electron chi connectivity index (χ1n) is 10.5. The highest BCUT2D eigenvalue weighted by atomic mass is 16.5. The van der Waals surface area contributed by atoms with E-state index in [2.05, 4.69) is 10.9 Å². The molecule has 0 aromatic heterocycles. The molecular formula is C22H35N3O5. The van der Waals surface area contributed by atoms with Crippen LogP contribution >= 0.6 is 0 Å². The Hall–Kier alpha value is -2.77. The Morgan fingerprint density at radius 1 is 1.00 bits per heavy atom. The van der Waals surface area contributed by atoms with Crippen LogP contribution < -0.4 is 20.3 Å². The third-order valence-corrected chi connectivity index (χ3v) is 4.24. The van der Waals surface area contributed by atoms with E-state index in [0.29, 0.717) is 29.9 Å². The highest BCUT2D eigenvalue weighted by molar-refractivity contribution is 5.96. The van der Waals surface area contributed by atoms with Crippen molar-refractivity contribution in [2.24, 2.45) is 0 Å². The van der Waals surface area contributed by atoms with Crippen LogP contribution in [-0.2, 0) is 9.59 Å². The molecule has 30 heavy (non-hydrogen) atoms. The van der Waals surface area contributed by atoms with E-state index in [1.54, 1.807) is 18.2 Å². The highest BCUT2D eigenvalue weighted by Gasteiger charge is 2.14. The molecule has 0 radical (unpaired) electrons. The van der Waals surface area contributed by atoms with Crippen LogP contribution in [0.5, 0.6) is 11.5 Å². The van der Waals surface area contributed by atoms with Gasteiger partial charge in [0.05, 0.1) is 13.2 Å². The molecular weight excluding hydrogens is 386 g/mol. The monoisotopic (exact) mass is 421 g/mol. The normalized spacial score (nSPS) is 10.5. The van der Waals surface area contributed by atoms with Crippen molar-refractivity contribution in [2.75, 3.05) is 20.2 Å². The lowest BCUT2D eigenvalue weighted by molar-refractivity contribution is -0.131. The zero-order valence-electron chi connectivity index (χ0n) is 18.7. The molecule has 0 fully saturated rings. The molecule has 1 aromatic carbocycles. The Labute approximate surface area is 179 Å². The van der Waals surface area contributed by atoms with Crippen LogP contribution in [0, 0.1) is 0 Å². The summed E-state index contributed by atoms with van der Waals surface area (Å²) < 4.78 is 10.9. The number of carbonyl (C=O) groups excluding carboxylic acids is 3. The van der Waals surface area contributed by atoms with Gasteiger partial charge in [-0.15, -0.1) is 0 Å². The molecule has 0 unspecified atom stereocenters. The molecule has 0 aliphatic rings. The number of ether oxygens (including phenoxy) is 2. The molecule has 0 spiro atoms. The summed E-state index contributed by atoms with van der Waals surface area (Å²) in [4.78, 5) is 38.3. The standard InChI is InChI=1S/C22H35N3O5/c1-6-13-25(14-7-2)21(27)10-8-9-20(26)23-24-22(28)17-11-12-18(30-16(3)4)19(15-17)29-5/h11-12,15-16H,6-10,13-14H2,1-5H3,(H,23,26)(H,24,28). The molecule has 3 amide bonds. The molecule has 1 rings (SSSR count). The Morgan fingerprint density at radius 3 is 2.23 bits per heavy atom. The van der Waals surface area contributed by atoms with Crippen molar-refractivity contribution < 1.29 is 23.9 Å². The number of nitrogens with zero attached hydrogens (tertiary/aromatic N) is 1. The second-order valence-corrected chi connectivity index (χ2v) is 7.27. The van der Waals surface area contributed by atoms with Crippen molar-refractivity contribution in [3.05, 3.63) is 23.8 Å². The molecule has 0 saturated heterocycles. The minimum atomic E-state index is -0.467. The summed E-state index contributed by atoms with van der Waals surface area (Å²) in [5, 5.41) is 0. The first kappa shape index (κ1) is 25.3. The second-order valence-electron chi connectivity index (χ2n) is 7.27. The molecule has 0 aliphatic carbocycles. The lowest BCUT2D eigenvalue weighted by Crippen LogP contribution is -2.41. The van der Waals surface area contributed by atoms with Crippen molar-refractivity contribution in [3.63, 3.8) is 0 Å². The number of benzene rings is 1. The van der Waals surface area contributed by atoms with Gasteiger partial charge in [-0.05, 0) is 51.3 Å². The van der Waals surface area contributed by atoms with E-state index in [1.165, 1.54) is 7.11 Å². The number of rotatable bonds is 12. The molecule has 0 bridgehead atoms. The molecule has 8 nitrogen and oxygen atoms in total. The van der Waals surface area contributed by atoms with Crippen LogP contribution in [0.1, 0.15) is 70.2 Å². The van der Waals surface area contributed by atoms with Crippen molar-refractivity contribution in [3.8, 4) is 11.5 Å². The quantitative estimate of drug-likeness (QED) is 0.506. The van der Waals surface area contributed by atoms with Gasteiger partial charge in [0.1, 0.15) is 0 Å². The van der Waals surface area contributed by atoms with E-state index in [1.807, 2.05) is 32.6 Å². The number of nitrogens with one attached hydrogen (secondary N) is 2. The van der Waals surface area contributed by atoms with E-state index in [9.17, 15) is 14.4 Å². The maximum Gasteiger partial charge on any atom is 0.269 e. The minimum absolute atomic E-state index is 0.0271. The lowest BCUT2D eigenvalue weighted by atomic mass is 10.2. The van der Waals surface area contributed by atoms with Gasteiger partial charge in [0.2, 0.25) is 11.8 Å². The van der Waals surface area contributed by atoms with Gasteiger partial charge in [0.15, 0.2) is 11.5 Å². The van der Waals surface area contributed by atoms with Gasteiger partial charge in [-0.1, -0.05) is 13.8 Å². The molecule has 1 aromatic rings. The molecule has 0 atom stereocenters. The molecule has 2 N–H and O–H groups in total. The van der Waals surface area contributed by atoms with Crippen LogP contribution in [0.15, 0.2) is 18.2 Å². The zero-order chi connectivity index (χ0) is 22.5. The average Bonchev–Trinajstić information content (AvgIpc) is 2.71. The van der Waals surface area contributed by atoms with E-state index < -0.39 is 5.91 Å². The average molecular weight is 422 g/mol. The van der Waals surface area contributed by atoms with Crippen molar-refractivity contribution in [2.45, 2.75) is 65.9 Å². The van der Waals surface area contributed by atoms with Crippen molar-refractivity contribution >= 4 is 17.7 Å². The SMILES string of the molecule is CCCN(CCC)C(=O)CCCC(=O)NNC(=O)c1ccc(OC(C)C)c(OC)c1. The van der Waals surface area contributed by atoms with Crippen LogP contribution in [-0.4, -0.2) is 48.9 Å². The smallest absolute Gasteiger partial charge is 0.269 e. The van der Waals surface area contributed by atoms with Gasteiger partial charge in [0, 0.05) is 31.5 Å². The summed E-state index contributed by atoms with van der Waals surface area (Å²) in [6.45, 7) is 9.33. The fourth-order valence-electron chi connectivity index (χ4n) is 2.88. The first-order valence-corrected chi connectivity index (χ1v) is 10.5. The molecule has 8 heteroatoms. The van der Waals surface area contributed by atoms with Crippen molar-refractivity contribution in [1.82, 2.24) is 15.8 Å². The van der Waals surface area contributed by atoms with Gasteiger partial charge in [0.25, 0.3) is 5.91 Å². The maximum atomic E-state index is 12.3. The summed E-state index contributed by atoms with van der Waals surface area (Å²) in [7, 11) is 1.50. The van der Waals surface area contributed by atoms with Gasteiger partial charge < -0.3 is 14.4 Å². The van der Waals surface area contributed by atoms with Crippen LogP contribution in [0.3, 0.4) is 0 Å². The Morgan fingerprint density at radius 2 is 1.67 bits per heavy atom. The van der Waals surface area contributed by atoms with E-state index in [-0.39, 0.29) is 24.3 Å². The third-order valence-electron chi connectivity index (χ3n) is 4.24. The van der Waals surface area contributed by atoms with Crippen LogP contribution in [0.2, 0.25) is 0 Å². The van der Waals surface area contributed by atoms with Gasteiger partial charge >= 0.3 is 0 Å². The first-order chi connectivity index (χ1) is 14.3. The number of hydrogen-bond donors (Lipinski definition) is 2. The Kier molecular flexibility index (Phi) is 11.3. The number of hydrazine groups is 1. The predicted octanol–water partition coefficient (Wildman–Crippen LogP) is 3.06. The molecule has 168 valence electrons.